The first-order valence-electron chi connectivity index (χ1n) is 6.83. The lowest BCUT2D eigenvalue weighted by molar-refractivity contribution is -0.117. The number of amides is 1. The average molecular weight is 280 g/mol. The predicted octanol–water partition coefficient (Wildman–Crippen LogP) is 2.35. The third-order valence-corrected chi connectivity index (χ3v) is 3.09. The second-order valence-electron chi connectivity index (χ2n) is 5.37. The Balaban J connectivity index is 2.61. The van der Waals surface area contributed by atoms with Crippen LogP contribution in [0.5, 0.6) is 11.5 Å². The van der Waals surface area contributed by atoms with Crippen molar-refractivity contribution in [2.75, 3.05) is 19.0 Å². The monoisotopic (exact) mass is 280 g/mol. The first kappa shape index (κ1) is 16.3. The van der Waals surface area contributed by atoms with Crippen LogP contribution in [0.4, 0.5) is 5.69 Å². The number of carbonyl (C=O) groups excluding carboxylic acids is 1. The van der Waals surface area contributed by atoms with Gasteiger partial charge in [-0.1, -0.05) is 13.8 Å². The zero-order valence-electron chi connectivity index (χ0n) is 12.3. The molecule has 0 aliphatic rings. The normalized spacial score (nSPS) is 12.2. The fourth-order valence-corrected chi connectivity index (χ4v) is 2.14. The maximum absolute atomic E-state index is 12.0. The van der Waals surface area contributed by atoms with Gasteiger partial charge in [-0.05, 0) is 36.9 Å². The summed E-state index contributed by atoms with van der Waals surface area (Å²) in [6, 6.07) is 4.76. The number of phenols is 1. The zero-order chi connectivity index (χ0) is 15.1. The van der Waals surface area contributed by atoms with Crippen molar-refractivity contribution in [3.05, 3.63) is 18.2 Å². The van der Waals surface area contributed by atoms with Crippen LogP contribution in [-0.2, 0) is 4.79 Å². The second kappa shape index (κ2) is 7.75. The van der Waals surface area contributed by atoms with Crippen molar-refractivity contribution in [3.63, 3.8) is 0 Å². The van der Waals surface area contributed by atoms with Gasteiger partial charge in [-0.3, -0.25) is 4.79 Å². The van der Waals surface area contributed by atoms with E-state index in [1.807, 2.05) is 0 Å². The van der Waals surface area contributed by atoms with Crippen molar-refractivity contribution in [2.45, 2.75) is 26.7 Å². The van der Waals surface area contributed by atoms with Crippen molar-refractivity contribution in [2.24, 2.45) is 17.6 Å². The highest BCUT2D eigenvalue weighted by Crippen LogP contribution is 2.28. The van der Waals surface area contributed by atoms with E-state index in [2.05, 4.69) is 19.2 Å². The quantitative estimate of drug-likeness (QED) is 0.669. The summed E-state index contributed by atoms with van der Waals surface area (Å²) in [6.07, 6.45) is 1.28. The van der Waals surface area contributed by atoms with Crippen molar-refractivity contribution >= 4 is 11.6 Å². The van der Waals surface area contributed by atoms with Gasteiger partial charge in [0.05, 0.1) is 12.8 Å². The molecule has 1 rings (SSSR count). The Bertz CT molecular complexity index is 447. The van der Waals surface area contributed by atoms with Crippen molar-refractivity contribution in [1.82, 2.24) is 0 Å². The molecule has 112 valence electrons. The Morgan fingerprint density at radius 2 is 2.15 bits per heavy atom. The summed E-state index contributed by atoms with van der Waals surface area (Å²) < 4.78 is 4.99. The van der Waals surface area contributed by atoms with E-state index in [0.29, 0.717) is 30.3 Å². The van der Waals surface area contributed by atoms with Crippen LogP contribution in [0.15, 0.2) is 18.2 Å². The number of nitrogens with one attached hydrogen (secondary N) is 1. The lowest BCUT2D eigenvalue weighted by Crippen LogP contribution is -2.23. The van der Waals surface area contributed by atoms with E-state index in [1.54, 1.807) is 12.1 Å². The Morgan fingerprint density at radius 3 is 2.65 bits per heavy atom. The van der Waals surface area contributed by atoms with E-state index in [1.165, 1.54) is 13.2 Å². The van der Waals surface area contributed by atoms with E-state index in [9.17, 15) is 9.90 Å². The first-order valence-corrected chi connectivity index (χ1v) is 6.83. The minimum atomic E-state index is -0.137. The Hall–Kier alpha value is -1.75. The van der Waals surface area contributed by atoms with E-state index >= 15 is 0 Å². The third kappa shape index (κ3) is 5.09. The van der Waals surface area contributed by atoms with Crippen LogP contribution >= 0.6 is 0 Å². The van der Waals surface area contributed by atoms with Gasteiger partial charge in [0.1, 0.15) is 11.5 Å². The SMILES string of the molecule is COc1ccc(NC(=O)C[C@@H](CN)CC(C)C)c(O)c1. The number of rotatable bonds is 7. The molecule has 0 radical (unpaired) electrons. The van der Waals surface area contributed by atoms with Crippen molar-refractivity contribution < 1.29 is 14.6 Å². The fraction of sp³-hybridized carbons (Fsp3) is 0.533. The smallest absolute Gasteiger partial charge is 0.224 e. The maximum Gasteiger partial charge on any atom is 0.224 e. The number of carbonyl (C=O) groups is 1. The molecule has 20 heavy (non-hydrogen) atoms. The van der Waals surface area contributed by atoms with Crippen LogP contribution in [0.3, 0.4) is 0 Å². The molecule has 1 amide bonds. The molecule has 1 atom stereocenters. The van der Waals surface area contributed by atoms with E-state index in [0.717, 1.165) is 6.42 Å². The number of hydrogen-bond acceptors (Lipinski definition) is 4. The Kier molecular flexibility index (Phi) is 6.31. The van der Waals surface area contributed by atoms with Gasteiger partial charge in [-0.15, -0.1) is 0 Å². The number of hydrogen-bond donors (Lipinski definition) is 3. The molecule has 0 fully saturated rings. The van der Waals surface area contributed by atoms with Crippen molar-refractivity contribution in [3.8, 4) is 11.5 Å². The largest absolute Gasteiger partial charge is 0.506 e. The van der Waals surface area contributed by atoms with Gasteiger partial charge in [-0.2, -0.15) is 0 Å². The zero-order valence-corrected chi connectivity index (χ0v) is 12.3. The van der Waals surface area contributed by atoms with Gasteiger partial charge in [0.15, 0.2) is 0 Å². The summed E-state index contributed by atoms with van der Waals surface area (Å²) in [7, 11) is 1.52. The molecule has 0 bridgehead atoms. The van der Waals surface area contributed by atoms with Crippen LogP contribution in [0.25, 0.3) is 0 Å². The fourth-order valence-electron chi connectivity index (χ4n) is 2.14. The molecule has 0 aromatic heterocycles. The van der Waals surface area contributed by atoms with Gasteiger partial charge in [0.2, 0.25) is 5.91 Å². The minimum Gasteiger partial charge on any atom is -0.506 e. The number of nitrogens with two attached hydrogens (primary N) is 1. The summed E-state index contributed by atoms with van der Waals surface area (Å²) in [5.74, 6) is 1.06. The van der Waals surface area contributed by atoms with E-state index < -0.39 is 0 Å². The Labute approximate surface area is 120 Å². The number of aromatic hydroxyl groups is 1. The highest BCUT2D eigenvalue weighted by Gasteiger charge is 2.15. The number of ether oxygens (including phenoxy) is 1. The standard InChI is InChI=1S/C15H24N2O3/c1-10(2)6-11(9-16)7-15(19)17-13-5-4-12(20-3)8-14(13)18/h4-5,8,10-11,18H,6-7,9,16H2,1-3H3,(H,17,19)/t11-/m0/s1. The van der Waals surface area contributed by atoms with Gasteiger partial charge in [0, 0.05) is 12.5 Å². The number of methoxy groups -OCH3 is 1. The van der Waals surface area contributed by atoms with Crippen LogP contribution in [0, 0.1) is 11.8 Å². The summed E-state index contributed by atoms with van der Waals surface area (Å²) in [5.41, 5.74) is 6.07. The topological polar surface area (TPSA) is 84.6 Å². The van der Waals surface area contributed by atoms with Crippen molar-refractivity contribution in [1.29, 1.82) is 0 Å². The molecule has 5 nitrogen and oxygen atoms in total. The van der Waals surface area contributed by atoms with Crippen LogP contribution in [0.2, 0.25) is 0 Å². The molecule has 0 aliphatic heterocycles. The molecule has 1 aromatic carbocycles. The molecular weight excluding hydrogens is 256 g/mol. The van der Waals surface area contributed by atoms with E-state index in [-0.39, 0.29) is 17.6 Å². The molecule has 0 aliphatic carbocycles. The summed E-state index contributed by atoms with van der Waals surface area (Å²) in [4.78, 5) is 12.0. The Morgan fingerprint density at radius 1 is 1.45 bits per heavy atom. The van der Waals surface area contributed by atoms with Gasteiger partial charge < -0.3 is 20.9 Å². The van der Waals surface area contributed by atoms with Crippen LogP contribution < -0.4 is 15.8 Å². The highest BCUT2D eigenvalue weighted by molar-refractivity contribution is 5.92. The lowest BCUT2D eigenvalue weighted by Gasteiger charge is -2.17. The van der Waals surface area contributed by atoms with Crippen LogP contribution in [-0.4, -0.2) is 24.7 Å². The molecule has 0 saturated carbocycles. The molecular formula is C15H24N2O3. The molecule has 0 unspecified atom stereocenters. The number of phenolic OH excluding ortho intramolecular Hbond substituents is 1. The minimum absolute atomic E-state index is 0.00846. The van der Waals surface area contributed by atoms with Gasteiger partial charge in [-0.25, -0.2) is 0 Å². The summed E-state index contributed by atoms with van der Waals surface area (Å²) in [5, 5.41) is 12.5. The molecule has 0 saturated heterocycles. The lowest BCUT2D eigenvalue weighted by atomic mass is 9.94. The van der Waals surface area contributed by atoms with Gasteiger partial charge in [0.25, 0.3) is 0 Å². The average Bonchev–Trinajstić information content (AvgIpc) is 2.39. The predicted molar refractivity (Wildman–Crippen MR) is 79.9 cm³/mol. The second-order valence-corrected chi connectivity index (χ2v) is 5.37. The highest BCUT2D eigenvalue weighted by atomic mass is 16.5. The first-order chi connectivity index (χ1) is 9.46. The molecule has 5 heteroatoms. The van der Waals surface area contributed by atoms with Gasteiger partial charge >= 0.3 is 0 Å². The number of anilines is 1. The maximum atomic E-state index is 12.0. The van der Waals surface area contributed by atoms with E-state index in [4.69, 9.17) is 10.5 Å². The molecule has 1 aromatic rings. The number of benzene rings is 1. The molecule has 0 spiro atoms. The molecule has 0 heterocycles. The summed E-state index contributed by atoms with van der Waals surface area (Å²) in [6.45, 7) is 4.70. The third-order valence-electron chi connectivity index (χ3n) is 3.09. The summed E-state index contributed by atoms with van der Waals surface area (Å²) >= 11 is 0. The molecule has 4 N–H and O–H groups in total. The van der Waals surface area contributed by atoms with Crippen LogP contribution in [0.1, 0.15) is 26.7 Å².